The molecule has 0 aliphatic carbocycles. The van der Waals surface area contributed by atoms with Gasteiger partial charge in [-0.15, -0.1) is 6.42 Å². The van der Waals surface area contributed by atoms with Crippen LogP contribution in [0.4, 0.5) is 0 Å². The van der Waals surface area contributed by atoms with E-state index in [1.165, 1.54) is 6.42 Å². The minimum absolute atomic E-state index is 0.0611. The van der Waals surface area contributed by atoms with Crippen molar-refractivity contribution in [3.05, 3.63) is 0 Å². The van der Waals surface area contributed by atoms with Gasteiger partial charge in [0.15, 0.2) is 0 Å². The van der Waals surface area contributed by atoms with Gasteiger partial charge in [-0.25, -0.2) is 0 Å². The molecule has 1 rings (SSSR count). The fraction of sp³-hybridized carbons (Fsp3) is 0.833. The third-order valence-electron chi connectivity index (χ3n) is 3.48. The molecule has 0 N–H and O–H groups in total. The first kappa shape index (κ1) is 10.6. The zero-order valence-corrected chi connectivity index (χ0v) is 9.30. The van der Waals surface area contributed by atoms with Crippen molar-refractivity contribution in [1.29, 1.82) is 0 Å². The number of terminal acetylenes is 1. The Labute approximate surface area is 82.5 Å². The van der Waals surface area contributed by atoms with Crippen LogP contribution in [0, 0.1) is 24.2 Å². The summed E-state index contributed by atoms with van der Waals surface area (Å²) in [5, 5.41) is 0. The van der Waals surface area contributed by atoms with Crippen molar-refractivity contribution in [2.24, 2.45) is 11.8 Å². The third-order valence-corrected chi connectivity index (χ3v) is 3.48. The first-order valence-corrected chi connectivity index (χ1v) is 5.20. The Morgan fingerprint density at radius 1 is 1.31 bits per heavy atom. The summed E-state index contributed by atoms with van der Waals surface area (Å²) in [5.74, 6) is 4.50. The van der Waals surface area contributed by atoms with E-state index in [2.05, 4.69) is 38.5 Å². The van der Waals surface area contributed by atoms with E-state index in [9.17, 15) is 0 Å². The second-order valence-corrected chi connectivity index (χ2v) is 4.89. The molecule has 1 heterocycles. The van der Waals surface area contributed by atoms with Gasteiger partial charge in [0, 0.05) is 6.54 Å². The van der Waals surface area contributed by atoms with E-state index in [0.717, 1.165) is 24.9 Å². The van der Waals surface area contributed by atoms with Crippen LogP contribution in [0.5, 0.6) is 0 Å². The lowest BCUT2D eigenvalue weighted by Gasteiger charge is -2.42. The van der Waals surface area contributed by atoms with Gasteiger partial charge in [0.25, 0.3) is 0 Å². The van der Waals surface area contributed by atoms with Gasteiger partial charge >= 0.3 is 0 Å². The number of piperidine rings is 1. The molecule has 1 fully saturated rings. The van der Waals surface area contributed by atoms with E-state index in [1.54, 1.807) is 0 Å². The highest BCUT2D eigenvalue weighted by Crippen LogP contribution is 2.27. The second-order valence-electron chi connectivity index (χ2n) is 4.89. The Morgan fingerprint density at radius 3 is 2.38 bits per heavy atom. The van der Waals surface area contributed by atoms with Gasteiger partial charge in [-0.2, -0.15) is 0 Å². The number of nitrogens with zero attached hydrogens (tertiary/aromatic N) is 1. The van der Waals surface area contributed by atoms with Crippen LogP contribution in [0.3, 0.4) is 0 Å². The summed E-state index contributed by atoms with van der Waals surface area (Å²) in [6.45, 7) is 11.2. The van der Waals surface area contributed by atoms with Gasteiger partial charge in [-0.3, -0.25) is 4.90 Å². The minimum atomic E-state index is -0.0611. The van der Waals surface area contributed by atoms with Crippen molar-refractivity contribution in [2.45, 2.75) is 39.7 Å². The van der Waals surface area contributed by atoms with Crippen LogP contribution in [0.1, 0.15) is 34.1 Å². The summed E-state index contributed by atoms with van der Waals surface area (Å²) in [4.78, 5) is 2.43. The van der Waals surface area contributed by atoms with E-state index in [4.69, 9.17) is 6.42 Å². The Balaban J connectivity index is 2.61. The molecule has 0 aromatic rings. The Hall–Kier alpha value is -0.480. The molecule has 0 spiro atoms. The predicted molar refractivity (Wildman–Crippen MR) is 57.4 cm³/mol. The van der Waals surface area contributed by atoms with Crippen LogP contribution in [-0.2, 0) is 0 Å². The molecular weight excluding hydrogens is 158 g/mol. The average Bonchev–Trinajstić information content (AvgIpc) is 2.09. The molecule has 0 bridgehead atoms. The molecule has 0 aromatic carbocycles. The second kappa shape index (κ2) is 3.72. The van der Waals surface area contributed by atoms with E-state index < -0.39 is 0 Å². The number of rotatable bonds is 1. The molecule has 74 valence electrons. The van der Waals surface area contributed by atoms with E-state index in [0.29, 0.717) is 0 Å². The average molecular weight is 179 g/mol. The molecular formula is C12H21N. The van der Waals surface area contributed by atoms with Crippen molar-refractivity contribution >= 4 is 0 Å². The fourth-order valence-corrected chi connectivity index (χ4v) is 1.86. The molecule has 0 aromatic heterocycles. The molecule has 0 radical (unpaired) electrons. The summed E-state index contributed by atoms with van der Waals surface area (Å²) in [6, 6.07) is 0. The highest BCUT2D eigenvalue weighted by molar-refractivity contribution is 5.09. The van der Waals surface area contributed by atoms with Gasteiger partial charge < -0.3 is 0 Å². The van der Waals surface area contributed by atoms with Gasteiger partial charge in [-0.05, 0) is 38.6 Å². The third kappa shape index (κ3) is 2.25. The van der Waals surface area contributed by atoms with Crippen molar-refractivity contribution in [3.8, 4) is 12.3 Å². The number of hydrogen-bond acceptors (Lipinski definition) is 1. The molecule has 1 nitrogen and oxygen atoms in total. The Bertz CT molecular complexity index is 212. The van der Waals surface area contributed by atoms with Crippen molar-refractivity contribution in [1.82, 2.24) is 4.90 Å². The standard InChI is InChI=1S/C12H21N/c1-6-12(4,5)13-8-7-10(2)11(3)9-13/h1,10-11H,7-9H2,2-5H3. The summed E-state index contributed by atoms with van der Waals surface area (Å²) in [7, 11) is 0. The lowest BCUT2D eigenvalue weighted by atomic mass is 9.86. The highest BCUT2D eigenvalue weighted by Gasteiger charge is 2.30. The summed E-state index contributed by atoms with van der Waals surface area (Å²) >= 11 is 0. The van der Waals surface area contributed by atoms with Crippen LogP contribution >= 0.6 is 0 Å². The monoisotopic (exact) mass is 179 g/mol. The molecule has 13 heavy (non-hydrogen) atoms. The number of hydrogen-bond donors (Lipinski definition) is 0. The lowest BCUT2D eigenvalue weighted by molar-refractivity contribution is 0.0789. The van der Waals surface area contributed by atoms with Gasteiger partial charge in [0.1, 0.15) is 0 Å². The van der Waals surface area contributed by atoms with Crippen LogP contribution in [0.2, 0.25) is 0 Å². The zero-order valence-electron chi connectivity index (χ0n) is 9.30. The molecule has 1 aliphatic rings. The van der Waals surface area contributed by atoms with Crippen molar-refractivity contribution < 1.29 is 0 Å². The summed E-state index contributed by atoms with van der Waals surface area (Å²) < 4.78 is 0. The molecule has 0 amide bonds. The summed E-state index contributed by atoms with van der Waals surface area (Å²) in [6.07, 6.45) is 6.81. The molecule has 2 atom stereocenters. The van der Waals surface area contributed by atoms with Crippen LogP contribution < -0.4 is 0 Å². The molecule has 1 heteroatoms. The fourth-order valence-electron chi connectivity index (χ4n) is 1.86. The normalized spacial score (nSPS) is 31.3. The SMILES string of the molecule is C#CC(C)(C)N1CCC(C)C(C)C1. The zero-order chi connectivity index (χ0) is 10.1. The van der Waals surface area contributed by atoms with E-state index in [-0.39, 0.29) is 5.54 Å². The first-order valence-electron chi connectivity index (χ1n) is 5.20. The maximum absolute atomic E-state index is 5.53. The van der Waals surface area contributed by atoms with Crippen LogP contribution in [-0.4, -0.2) is 23.5 Å². The van der Waals surface area contributed by atoms with Crippen LogP contribution in [0.15, 0.2) is 0 Å². The predicted octanol–water partition coefficient (Wildman–Crippen LogP) is 2.38. The first-order chi connectivity index (χ1) is 5.97. The summed E-state index contributed by atoms with van der Waals surface area (Å²) in [5.41, 5.74) is -0.0611. The molecule has 0 saturated carbocycles. The van der Waals surface area contributed by atoms with E-state index in [1.807, 2.05) is 0 Å². The smallest absolute Gasteiger partial charge is 0.0766 e. The maximum Gasteiger partial charge on any atom is 0.0766 e. The van der Waals surface area contributed by atoms with Gasteiger partial charge in [0.2, 0.25) is 0 Å². The van der Waals surface area contributed by atoms with Crippen LogP contribution in [0.25, 0.3) is 0 Å². The van der Waals surface area contributed by atoms with E-state index >= 15 is 0 Å². The quantitative estimate of drug-likeness (QED) is 0.559. The molecule has 2 unspecified atom stereocenters. The van der Waals surface area contributed by atoms with Gasteiger partial charge in [0.05, 0.1) is 5.54 Å². The Morgan fingerprint density at radius 2 is 1.92 bits per heavy atom. The maximum atomic E-state index is 5.53. The van der Waals surface area contributed by atoms with Crippen molar-refractivity contribution in [3.63, 3.8) is 0 Å². The topological polar surface area (TPSA) is 3.24 Å². The highest BCUT2D eigenvalue weighted by atomic mass is 15.2. The lowest BCUT2D eigenvalue weighted by Crippen LogP contribution is -2.49. The minimum Gasteiger partial charge on any atom is -0.287 e. The number of likely N-dealkylation sites (tertiary alicyclic amines) is 1. The largest absolute Gasteiger partial charge is 0.287 e. The Kier molecular flexibility index (Phi) is 3.03. The van der Waals surface area contributed by atoms with Gasteiger partial charge in [-0.1, -0.05) is 19.8 Å². The molecule has 1 saturated heterocycles. The molecule has 1 aliphatic heterocycles. The van der Waals surface area contributed by atoms with Crippen molar-refractivity contribution in [2.75, 3.05) is 13.1 Å².